The molecule has 1 heterocycles. The number of nitrogens with zero attached hydrogens (tertiary/aromatic N) is 2. The average molecular weight is 191 g/mol. The van der Waals surface area contributed by atoms with Gasteiger partial charge < -0.3 is 10.1 Å². The number of halogens is 1. The largest absolute Gasteiger partial charge is 0.358 e. The average Bonchev–Trinajstić information content (AvgIpc) is 2.13. The predicted octanol–water partition coefficient (Wildman–Crippen LogP) is 1.55. The van der Waals surface area contributed by atoms with E-state index < -0.39 is 4.92 Å². The van der Waals surface area contributed by atoms with Crippen molar-refractivity contribution >= 4 is 22.0 Å². The summed E-state index contributed by atoms with van der Waals surface area (Å²) in [6, 6.07) is 3.00. The molecule has 0 saturated carbocycles. The van der Waals surface area contributed by atoms with Gasteiger partial charge in [0.15, 0.2) is 16.1 Å². The normalized spacial score (nSPS) is 9.44. The van der Waals surface area contributed by atoms with Crippen LogP contribution in [0.2, 0.25) is 0 Å². The van der Waals surface area contributed by atoms with Gasteiger partial charge in [0.1, 0.15) is 6.20 Å². The molecule has 0 aliphatic carbocycles. The summed E-state index contributed by atoms with van der Waals surface area (Å²) in [5.74, 6) is 0.0370. The highest BCUT2D eigenvalue weighted by Gasteiger charge is 2.06. The van der Waals surface area contributed by atoms with Crippen molar-refractivity contribution in [1.82, 2.24) is 3.59 Å². The molecule has 0 aliphatic rings. The van der Waals surface area contributed by atoms with Crippen LogP contribution < -0.4 is 0 Å². The first kappa shape index (κ1) is 6.28. The van der Waals surface area contributed by atoms with E-state index >= 15 is 0 Å². The molecular weight excluding hydrogens is 188 g/mol. The first-order valence-electron chi connectivity index (χ1n) is 2.19. The van der Waals surface area contributed by atoms with Crippen molar-refractivity contribution in [3.8, 4) is 0 Å². The minimum atomic E-state index is -0.464. The number of aromatic nitrogens is 1. The quantitative estimate of drug-likeness (QED) is 0.499. The van der Waals surface area contributed by atoms with E-state index in [4.69, 9.17) is 0 Å². The zero-order valence-electron chi connectivity index (χ0n) is 4.32. The smallest absolute Gasteiger partial charge is 0.333 e. The van der Waals surface area contributed by atoms with Gasteiger partial charge in [-0.2, -0.15) is 3.59 Å². The Labute approximate surface area is 59.6 Å². The summed E-state index contributed by atoms with van der Waals surface area (Å²) in [4.78, 5) is 9.57. The summed E-state index contributed by atoms with van der Waals surface area (Å²) in [6.07, 6.45) is 1.55. The highest BCUT2D eigenvalue weighted by atomic mass is 79.9. The van der Waals surface area contributed by atoms with E-state index in [1.807, 2.05) is 0 Å². The Morgan fingerprint density at radius 2 is 2.44 bits per heavy atom. The van der Waals surface area contributed by atoms with Gasteiger partial charge in [-0.1, -0.05) is 0 Å². The Hall–Kier alpha value is -0.840. The lowest BCUT2D eigenvalue weighted by Gasteiger charge is -1.89. The van der Waals surface area contributed by atoms with Crippen LogP contribution in [0.1, 0.15) is 0 Å². The van der Waals surface area contributed by atoms with Gasteiger partial charge >= 0.3 is 5.82 Å². The second-order valence-corrected chi connectivity index (χ2v) is 2.20. The van der Waals surface area contributed by atoms with Gasteiger partial charge in [0.25, 0.3) is 0 Å². The summed E-state index contributed by atoms with van der Waals surface area (Å²) in [5.41, 5.74) is 0. The fourth-order valence-corrected chi connectivity index (χ4v) is 0.875. The molecule has 0 N–H and O–H groups in total. The van der Waals surface area contributed by atoms with E-state index in [-0.39, 0.29) is 5.82 Å². The number of rotatable bonds is 1. The first-order valence-corrected chi connectivity index (χ1v) is 2.90. The van der Waals surface area contributed by atoms with Crippen LogP contribution in [0.4, 0.5) is 5.82 Å². The van der Waals surface area contributed by atoms with E-state index in [1.54, 1.807) is 12.3 Å². The van der Waals surface area contributed by atoms with Gasteiger partial charge in [-0.25, -0.2) is 0 Å². The number of hydrogen-bond acceptors (Lipinski definition) is 2. The first-order chi connectivity index (χ1) is 4.22. The molecule has 0 aromatic carbocycles. The molecule has 5 heteroatoms. The topological polar surface area (TPSA) is 48.1 Å². The van der Waals surface area contributed by atoms with Crippen LogP contribution in [0.5, 0.6) is 0 Å². The Morgan fingerprint density at radius 3 is 2.67 bits per heavy atom. The molecule has 9 heavy (non-hydrogen) atoms. The van der Waals surface area contributed by atoms with E-state index in [0.717, 1.165) is 0 Å². The molecule has 1 rings (SSSR count). The standard InChI is InChI=1S/C4H3BrN2O2/c5-6-3-1-2-4(6)7(8)9/h1-3H. The molecule has 0 bridgehead atoms. The van der Waals surface area contributed by atoms with Crippen LogP contribution in [-0.4, -0.2) is 8.52 Å². The molecule has 1 aromatic heterocycles. The van der Waals surface area contributed by atoms with Crippen molar-refractivity contribution < 1.29 is 4.92 Å². The number of nitro groups is 1. The van der Waals surface area contributed by atoms with Crippen molar-refractivity contribution in [1.29, 1.82) is 0 Å². The van der Waals surface area contributed by atoms with Gasteiger partial charge in [-0.3, -0.25) is 0 Å². The minimum Gasteiger partial charge on any atom is -0.358 e. The molecule has 0 fully saturated rings. The monoisotopic (exact) mass is 190 g/mol. The van der Waals surface area contributed by atoms with E-state index in [0.29, 0.717) is 0 Å². The zero-order chi connectivity index (χ0) is 6.85. The lowest BCUT2D eigenvalue weighted by atomic mass is 10.6. The summed E-state index contributed by atoms with van der Waals surface area (Å²) in [6.45, 7) is 0. The fraction of sp³-hybridized carbons (Fsp3) is 0. The molecule has 0 amide bonds. The van der Waals surface area contributed by atoms with Crippen molar-refractivity contribution in [2.45, 2.75) is 0 Å². The molecule has 0 spiro atoms. The third kappa shape index (κ3) is 1.10. The molecule has 0 atom stereocenters. The van der Waals surface area contributed by atoms with E-state index in [9.17, 15) is 10.1 Å². The second-order valence-electron chi connectivity index (χ2n) is 1.43. The summed E-state index contributed by atoms with van der Waals surface area (Å²) in [7, 11) is 0. The molecule has 0 unspecified atom stereocenters. The van der Waals surface area contributed by atoms with Crippen molar-refractivity contribution in [3.63, 3.8) is 0 Å². The predicted molar refractivity (Wildman–Crippen MR) is 35.4 cm³/mol. The van der Waals surface area contributed by atoms with Gasteiger partial charge in [-0.15, -0.1) is 0 Å². The molecule has 48 valence electrons. The van der Waals surface area contributed by atoms with Crippen LogP contribution >= 0.6 is 16.1 Å². The van der Waals surface area contributed by atoms with E-state index in [2.05, 4.69) is 16.1 Å². The Kier molecular flexibility index (Phi) is 1.52. The molecule has 0 radical (unpaired) electrons. The maximum atomic E-state index is 10.0. The van der Waals surface area contributed by atoms with Crippen LogP contribution in [-0.2, 0) is 0 Å². The molecule has 4 nitrogen and oxygen atoms in total. The highest BCUT2D eigenvalue weighted by Crippen LogP contribution is 2.13. The van der Waals surface area contributed by atoms with Gasteiger partial charge in [0.2, 0.25) is 0 Å². The summed E-state index contributed by atoms with van der Waals surface area (Å²) in [5, 5.41) is 10.0. The summed E-state index contributed by atoms with van der Waals surface area (Å²) >= 11 is 2.94. The van der Waals surface area contributed by atoms with Crippen LogP contribution in [0.15, 0.2) is 18.3 Å². The van der Waals surface area contributed by atoms with Crippen molar-refractivity contribution in [2.24, 2.45) is 0 Å². The third-order valence-corrected chi connectivity index (χ3v) is 1.47. The van der Waals surface area contributed by atoms with Crippen LogP contribution in [0, 0.1) is 10.1 Å². The van der Waals surface area contributed by atoms with Crippen LogP contribution in [0.25, 0.3) is 0 Å². The van der Waals surface area contributed by atoms with E-state index in [1.165, 1.54) is 9.66 Å². The fourth-order valence-electron chi connectivity index (χ4n) is 0.491. The zero-order valence-corrected chi connectivity index (χ0v) is 5.91. The minimum absolute atomic E-state index is 0.0370. The van der Waals surface area contributed by atoms with Gasteiger partial charge in [-0.05, 0) is 11.0 Å². The lowest BCUT2D eigenvalue weighted by molar-refractivity contribution is -0.389. The van der Waals surface area contributed by atoms with Gasteiger partial charge in [0.05, 0.1) is 0 Å². The van der Waals surface area contributed by atoms with Crippen LogP contribution in [0.3, 0.4) is 0 Å². The van der Waals surface area contributed by atoms with Crippen molar-refractivity contribution in [3.05, 3.63) is 28.4 Å². The summed E-state index contributed by atoms with van der Waals surface area (Å²) < 4.78 is 1.27. The maximum Gasteiger partial charge on any atom is 0.333 e. The SMILES string of the molecule is O=[N+]([O-])c1cccn1Br. The number of hydrogen-bond donors (Lipinski definition) is 0. The second kappa shape index (κ2) is 2.18. The lowest BCUT2D eigenvalue weighted by Crippen LogP contribution is -1.90. The Bertz CT molecular complexity index is 232. The Morgan fingerprint density at radius 1 is 1.78 bits per heavy atom. The highest BCUT2D eigenvalue weighted by molar-refractivity contribution is 9.08. The molecule has 1 aromatic rings. The Balaban J connectivity index is 3.08. The van der Waals surface area contributed by atoms with Gasteiger partial charge in [0, 0.05) is 6.07 Å². The molecule has 0 aliphatic heterocycles. The molecular formula is C4H3BrN2O2. The maximum absolute atomic E-state index is 10.0. The molecule has 0 saturated heterocycles. The van der Waals surface area contributed by atoms with Crippen molar-refractivity contribution in [2.75, 3.05) is 0 Å². The third-order valence-electron chi connectivity index (χ3n) is 0.868.